The number of benzene rings is 2. The molecule has 2 aromatic heterocycles. The van der Waals surface area contributed by atoms with Crippen LogP contribution in [-0.4, -0.2) is 14.5 Å². The lowest BCUT2D eigenvalue weighted by atomic mass is 10.3. The quantitative estimate of drug-likeness (QED) is 0.519. The van der Waals surface area contributed by atoms with Crippen LogP contribution in [-0.2, 0) is 7.05 Å². The van der Waals surface area contributed by atoms with Gasteiger partial charge in [0.15, 0.2) is 11.4 Å². The third kappa shape index (κ3) is 1.46. The number of rotatable bonds is 1. The monoisotopic (exact) mass is 249 g/mol. The van der Waals surface area contributed by atoms with Crippen molar-refractivity contribution in [2.45, 2.75) is 0 Å². The zero-order chi connectivity index (χ0) is 12.8. The molecule has 4 rings (SSSR count). The molecule has 19 heavy (non-hydrogen) atoms. The van der Waals surface area contributed by atoms with E-state index in [9.17, 15) is 0 Å². The Morgan fingerprint density at radius 3 is 2.42 bits per heavy atom. The van der Waals surface area contributed by atoms with Gasteiger partial charge >= 0.3 is 0 Å². The second-order valence-electron chi connectivity index (χ2n) is 4.47. The fourth-order valence-corrected chi connectivity index (χ4v) is 2.30. The first-order chi connectivity index (χ1) is 9.33. The molecule has 4 nitrogen and oxygen atoms in total. The first-order valence-corrected chi connectivity index (χ1v) is 6.10. The van der Waals surface area contributed by atoms with Crippen LogP contribution >= 0.6 is 0 Å². The number of nitrogens with zero attached hydrogens (tertiary/aromatic N) is 3. The molecule has 0 amide bonds. The van der Waals surface area contributed by atoms with Crippen LogP contribution in [0, 0.1) is 0 Å². The summed E-state index contributed by atoms with van der Waals surface area (Å²) in [4.78, 5) is 9.07. The van der Waals surface area contributed by atoms with Gasteiger partial charge in [-0.2, -0.15) is 0 Å². The number of hydrogen-bond acceptors (Lipinski definition) is 3. The maximum Gasteiger partial charge on any atom is 0.264 e. The molecule has 0 unspecified atom stereocenters. The molecular formula is C15H11N3O. The fourth-order valence-electron chi connectivity index (χ4n) is 2.30. The van der Waals surface area contributed by atoms with E-state index in [0.29, 0.717) is 5.89 Å². The summed E-state index contributed by atoms with van der Waals surface area (Å²) in [6, 6.07) is 15.7. The Bertz CT molecular complexity index is 856. The molecule has 0 bridgehead atoms. The fraction of sp³-hybridized carbons (Fsp3) is 0.0667. The van der Waals surface area contributed by atoms with E-state index < -0.39 is 0 Å². The summed E-state index contributed by atoms with van der Waals surface area (Å²) in [5, 5.41) is 0. The van der Waals surface area contributed by atoms with Gasteiger partial charge in [-0.15, -0.1) is 0 Å². The minimum absolute atomic E-state index is 0.555. The van der Waals surface area contributed by atoms with Crippen LogP contribution in [0.5, 0.6) is 0 Å². The van der Waals surface area contributed by atoms with Crippen LogP contribution in [0.4, 0.5) is 0 Å². The Labute approximate surface area is 109 Å². The Hall–Kier alpha value is -2.62. The van der Waals surface area contributed by atoms with Crippen molar-refractivity contribution in [1.82, 2.24) is 14.5 Å². The van der Waals surface area contributed by atoms with Crippen molar-refractivity contribution in [2.24, 2.45) is 7.05 Å². The minimum atomic E-state index is 0.555. The highest BCUT2D eigenvalue weighted by Crippen LogP contribution is 2.26. The lowest BCUT2D eigenvalue weighted by molar-refractivity contribution is 0.609. The SMILES string of the molecule is Cn1c(-c2nc3ccccc3o2)nc2ccccc21. The van der Waals surface area contributed by atoms with E-state index in [4.69, 9.17) is 4.42 Å². The van der Waals surface area contributed by atoms with Crippen LogP contribution in [0.1, 0.15) is 0 Å². The van der Waals surface area contributed by atoms with Crippen LogP contribution in [0.25, 0.3) is 33.8 Å². The Morgan fingerprint density at radius 1 is 0.895 bits per heavy atom. The molecule has 0 N–H and O–H groups in total. The van der Waals surface area contributed by atoms with E-state index in [2.05, 4.69) is 9.97 Å². The molecule has 0 spiro atoms. The van der Waals surface area contributed by atoms with Gasteiger partial charge in [0.2, 0.25) is 0 Å². The zero-order valence-corrected chi connectivity index (χ0v) is 10.4. The number of oxazole rings is 1. The van der Waals surface area contributed by atoms with Gasteiger partial charge < -0.3 is 8.98 Å². The van der Waals surface area contributed by atoms with Crippen molar-refractivity contribution in [3.63, 3.8) is 0 Å². The molecule has 92 valence electrons. The standard InChI is InChI=1S/C15H11N3O/c1-18-12-8-4-2-6-10(12)16-14(18)15-17-11-7-3-5-9-13(11)19-15/h2-9H,1H3. The molecule has 0 aliphatic heterocycles. The van der Waals surface area contributed by atoms with Crippen molar-refractivity contribution >= 4 is 22.1 Å². The number of hydrogen-bond donors (Lipinski definition) is 0. The van der Waals surface area contributed by atoms with Crippen molar-refractivity contribution in [3.05, 3.63) is 48.5 Å². The van der Waals surface area contributed by atoms with E-state index in [1.807, 2.05) is 60.1 Å². The highest BCUT2D eigenvalue weighted by molar-refractivity contribution is 5.81. The van der Waals surface area contributed by atoms with Crippen molar-refractivity contribution < 1.29 is 4.42 Å². The molecule has 0 aliphatic carbocycles. The lowest BCUT2D eigenvalue weighted by Crippen LogP contribution is -1.92. The van der Waals surface area contributed by atoms with Crippen molar-refractivity contribution in [2.75, 3.05) is 0 Å². The van der Waals surface area contributed by atoms with E-state index in [1.165, 1.54) is 0 Å². The van der Waals surface area contributed by atoms with Gasteiger partial charge in [-0.1, -0.05) is 24.3 Å². The summed E-state index contributed by atoms with van der Waals surface area (Å²) in [5.41, 5.74) is 3.65. The number of fused-ring (bicyclic) bond motifs is 2. The highest BCUT2D eigenvalue weighted by Gasteiger charge is 2.15. The van der Waals surface area contributed by atoms with E-state index in [-0.39, 0.29) is 0 Å². The van der Waals surface area contributed by atoms with E-state index in [0.717, 1.165) is 28.0 Å². The first-order valence-electron chi connectivity index (χ1n) is 6.10. The first kappa shape index (κ1) is 10.3. The normalized spacial score (nSPS) is 11.4. The van der Waals surface area contributed by atoms with Crippen LogP contribution in [0.3, 0.4) is 0 Å². The summed E-state index contributed by atoms with van der Waals surface area (Å²) in [5.74, 6) is 1.30. The van der Waals surface area contributed by atoms with Crippen LogP contribution in [0.15, 0.2) is 52.9 Å². The topological polar surface area (TPSA) is 43.9 Å². The second-order valence-corrected chi connectivity index (χ2v) is 4.47. The lowest BCUT2D eigenvalue weighted by Gasteiger charge is -1.96. The molecule has 0 saturated carbocycles. The number of aryl methyl sites for hydroxylation is 1. The smallest absolute Gasteiger partial charge is 0.264 e. The third-order valence-electron chi connectivity index (χ3n) is 3.27. The molecule has 2 heterocycles. The van der Waals surface area contributed by atoms with Crippen molar-refractivity contribution in [1.29, 1.82) is 0 Å². The molecule has 0 radical (unpaired) electrons. The number of aromatic nitrogens is 3. The van der Waals surface area contributed by atoms with Gasteiger partial charge in [0.1, 0.15) is 5.52 Å². The third-order valence-corrected chi connectivity index (χ3v) is 3.27. The molecule has 0 saturated heterocycles. The summed E-state index contributed by atoms with van der Waals surface area (Å²) >= 11 is 0. The highest BCUT2D eigenvalue weighted by atomic mass is 16.3. The van der Waals surface area contributed by atoms with Gasteiger partial charge in [-0.05, 0) is 24.3 Å². The molecular weight excluding hydrogens is 238 g/mol. The van der Waals surface area contributed by atoms with Gasteiger partial charge in [0.25, 0.3) is 5.89 Å². The molecule has 0 atom stereocenters. The maximum atomic E-state index is 5.77. The van der Waals surface area contributed by atoms with Gasteiger partial charge in [-0.25, -0.2) is 9.97 Å². The van der Waals surface area contributed by atoms with Crippen LogP contribution < -0.4 is 0 Å². The number of para-hydroxylation sites is 4. The second kappa shape index (κ2) is 3.68. The summed E-state index contributed by atoms with van der Waals surface area (Å²) in [6.45, 7) is 0. The van der Waals surface area contributed by atoms with Crippen molar-refractivity contribution in [3.8, 4) is 11.7 Å². The van der Waals surface area contributed by atoms with Gasteiger partial charge in [0, 0.05) is 7.05 Å². The molecule has 0 aliphatic rings. The summed E-state index contributed by atoms with van der Waals surface area (Å²) < 4.78 is 7.77. The molecule has 4 heteroatoms. The Kier molecular flexibility index (Phi) is 2.00. The zero-order valence-electron chi connectivity index (χ0n) is 10.4. The average molecular weight is 249 g/mol. The summed E-state index contributed by atoms with van der Waals surface area (Å²) in [7, 11) is 1.97. The maximum absolute atomic E-state index is 5.77. The van der Waals surface area contributed by atoms with Gasteiger partial charge in [0.05, 0.1) is 11.0 Å². The molecule has 0 fully saturated rings. The molecule has 2 aromatic carbocycles. The predicted molar refractivity (Wildman–Crippen MR) is 73.7 cm³/mol. The summed E-state index contributed by atoms with van der Waals surface area (Å²) in [6.07, 6.45) is 0. The Morgan fingerprint density at radius 2 is 1.63 bits per heavy atom. The largest absolute Gasteiger partial charge is 0.434 e. The van der Waals surface area contributed by atoms with E-state index in [1.54, 1.807) is 0 Å². The van der Waals surface area contributed by atoms with Gasteiger partial charge in [-0.3, -0.25) is 0 Å². The van der Waals surface area contributed by atoms with Crippen LogP contribution in [0.2, 0.25) is 0 Å². The predicted octanol–water partition coefficient (Wildman–Crippen LogP) is 3.38. The minimum Gasteiger partial charge on any atom is -0.434 e. The van der Waals surface area contributed by atoms with E-state index >= 15 is 0 Å². The average Bonchev–Trinajstić information content (AvgIpc) is 3.00. The Balaban J connectivity index is 2.01. The molecule has 4 aromatic rings. The number of imidazole rings is 1.